The van der Waals surface area contributed by atoms with Crippen LogP contribution in [-0.2, 0) is 6.18 Å². The minimum absolute atomic E-state index is 0.180. The second kappa shape index (κ2) is 8.12. The quantitative estimate of drug-likeness (QED) is 0.624. The number of alkyl halides is 3. The van der Waals surface area contributed by atoms with E-state index in [0.29, 0.717) is 16.9 Å². The first-order valence-corrected chi connectivity index (χ1v) is 8.58. The monoisotopic (exact) mass is 385 g/mol. The Morgan fingerprint density at radius 2 is 1.64 bits per heavy atom. The van der Waals surface area contributed by atoms with Crippen LogP contribution < -0.4 is 10.6 Å². The molecular formula is C21H18F3N3O. The van der Waals surface area contributed by atoms with Crippen molar-refractivity contribution in [1.82, 2.24) is 10.3 Å². The zero-order chi connectivity index (χ0) is 20.1. The first-order chi connectivity index (χ1) is 13.3. The molecule has 1 amide bonds. The highest BCUT2D eigenvalue weighted by Crippen LogP contribution is 2.30. The van der Waals surface area contributed by atoms with Crippen LogP contribution in [0.2, 0.25) is 0 Å². The van der Waals surface area contributed by atoms with Crippen molar-refractivity contribution in [3.05, 3.63) is 89.7 Å². The number of amides is 1. The third kappa shape index (κ3) is 4.88. The van der Waals surface area contributed by atoms with Gasteiger partial charge in [-0.15, -0.1) is 0 Å². The van der Waals surface area contributed by atoms with Gasteiger partial charge in [0.1, 0.15) is 0 Å². The van der Waals surface area contributed by atoms with Crippen molar-refractivity contribution in [3.63, 3.8) is 0 Å². The summed E-state index contributed by atoms with van der Waals surface area (Å²) in [6.07, 6.45) is -1.45. The number of carbonyl (C=O) groups excluding carboxylic acids is 1. The Morgan fingerprint density at radius 3 is 2.29 bits per heavy atom. The second-order valence-corrected chi connectivity index (χ2v) is 6.27. The molecule has 2 aromatic carbocycles. The maximum Gasteiger partial charge on any atom is 0.416 e. The highest BCUT2D eigenvalue weighted by Gasteiger charge is 2.29. The van der Waals surface area contributed by atoms with Crippen LogP contribution in [0.3, 0.4) is 0 Å². The molecule has 1 unspecified atom stereocenters. The van der Waals surface area contributed by atoms with Crippen LogP contribution in [-0.4, -0.2) is 10.9 Å². The predicted octanol–water partition coefficient (Wildman–Crippen LogP) is 5.34. The Morgan fingerprint density at radius 1 is 0.964 bits per heavy atom. The highest BCUT2D eigenvalue weighted by molar-refractivity contribution is 5.95. The SMILES string of the molecule is CC(NC(=O)c1cncc(Nc2ccc(C(F)(F)F)cc2)c1)c1ccccc1. The van der Waals surface area contributed by atoms with Crippen LogP contribution in [0.15, 0.2) is 73.1 Å². The van der Waals surface area contributed by atoms with E-state index in [4.69, 9.17) is 0 Å². The number of benzene rings is 2. The van der Waals surface area contributed by atoms with E-state index in [-0.39, 0.29) is 11.9 Å². The van der Waals surface area contributed by atoms with Crippen molar-refractivity contribution in [2.45, 2.75) is 19.1 Å². The first-order valence-electron chi connectivity index (χ1n) is 8.58. The number of carbonyl (C=O) groups is 1. The molecule has 0 fully saturated rings. The fourth-order valence-corrected chi connectivity index (χ4v) is 2.65. The smallest absolute Gasteiger partial charge is 0.354 e. The van der Waals surface area contributed by atoms with Gasteiger partial charge in [-0.3, -0.25) is 9.78 Å². The van der Waals surface area contributed by atoms with E-state index in [2.05, 4.69) is 15.6 Å². The van der Waals surface area contributed by atoms with Gasteiger partial charge in [0.05, 0.1) is 29.1 Å². The van der Waals surface area contributed by atoms with Gasteiger partial charge in [-0.1, -0.05) is 30.3 Å². The van der Waals surface area contributed by atoms with Crippen LogP contribution in [0, 0.1) is 0 Å². The van der Waals surface area contributed by atoms with Gasteiger partial charge in [0, 0.05) is 11.9 Å². The molecule has 0 saturated carbocycles. The molecule has 0 saturated heterocycles. The summed E-state index contributed by atoms with van der Waals surface area (Å²) in [6.45, 7) is 1.88. The number of pyridine rings is 1. The fourth-order valence-electron chi connectivity index (χ4n) is 2.65. The molecule has 1 heterocycles. The van der Waals surface area contributed by atoms with Gasteiger partial charge >= 0.3 is 6.18 Å². The summed E-state index contributed by atoms with van der Waals surface area (Å²) >= 11 is 0. The summed E-state index contributed by atoms with van der Waals surface area (Å²) in [5.74, 6) is -0.292. The van der Waals surface area contributed by atoms with Gasteiger partial charge in [-0.05, 0) is 42.8 Å². The summed E-state index contributed by atoms with van der Waals surface area (Å²) in [5.41, 5.74) is 1.56. The Balaban J connectivity index is 1.69. The topological polar surface area (TPSA) is 54.0 Å². The lowest BCUT2D eigenvalue weighted by molar-refractivity contribution is -0.137. The van der Waals surface area contributed by atoms with Crippen LogP contribution >= 0.6 is 0 Å². The summed E-state index contributed by atoms with van der Waals surface area (Å²) in [5, 5.41) is 5.85. The number of rotatable bonds is 5. The number of halogens is 3. The molecule has 4 nitrogen and oxygen atoms in total. The van der Waals surface area contributed by atoms with Crippen LogP contribution in [0.1, 0.15) is 34.5 Å². The molecule has 0 radical (unpaired) electrons. The second-order valence-electron chi connectivity index (χ2n) is 6.27. The Hall–Kier alpha value is -3.35. The largest absolute Gasteiger partial charge is 0.416 e. The van der Waals surface area contributed by atoms with Crippen molar-refractivity contribution >= 4 is 17.3 Å². The van der Waals surface area contributed by atoms with Gasteiger partial charge in [-0.25, -0.2) is 0 Å². The van der Waals surface area contributed by atoms with Crippen LogP contribution in [0.25, 0.3) is 0 Å². The summed E-state index contributed by atoms with van der Waals surface area (Å²) in [7, 11) is 0. The minimum atomic E-state index is -4.38. The summed E-state index contributed by atoms with van der Waals surface area (Å²) in [6, 6.07) is 15.6. The molecule has 144 valence electrons. The van der Waals surface area contributed by atoms with E-state index in [1.165, 1.54) is 24.5 Å². The molecule has 28 heavy (non-hydrogen) atoms. The van der Waals surface area contributed by atoms with Crippen molar-refractivity contribution < 1.29 is 18.0 Å². The third-order valence-corrected chi connectivity index (χ3v) is 4.15. The maximum absolute atomic E-state index is 12.6. The molecule has 0 spiro atoms. The molecule has 1 aromatic heterocycles. The lowest BCUT2D eigenvalue weighted by Gasteiger charge is -2.15. The van der Waals surface area contributed by atoms with Crippen LogP contribution in [0.4, 0.5) is 24.5 Å². The molecule has 0 aliphatic rings. The van der Waals surface area contributed by atoms with E-state index in [9.17, 15) is 18.0 Å². The molecule has 2 N–H and O–H groups in total. The first kappa shape index (κ1) is 19.4. The van der Waals surface area contributed by atoms with Crippen molar-refractivity contribution in [2.75, 3.05) is 5.32 Å². The minimum Gasteiger partial charge on any atom is -0.354 e. The number of nitrogens with zero attached hydrogens (tertiary/aromatic N) is 1. The average Bonchev–Trinajstić information content (AvgIpc) is 2.68. The van der Waals surface area contributed by atoms with Gasteiger partial charge in [0.2, 0.25) is 0 Å². The van der Waals surface area contributed by atoms with E-state index < -0.39 is 11.7 Å². The number of nitrogens with one attached hydrogen (secondary N) is 2. The van der Waals surface area contributed by atoms with Gasteiger partial charge < -0.3 is 10.6 Å². The van der Waals surface area contributed by atoms with Gasteiger partial charge in [-0.2, -0.15) is 13.2 Å². The number of aromatic nitrogens is 1. The van der Waals surface area contributed by atoms with E-state index in [1.54, 1.807) is 6.07 Å². The van der Waals surface area contributed by atoms with Gasteiger partial charge in [0.15, 0.2) is 0 Å². The molecule has 0 aliphatic carbocycles. The summed E-state index contributed by atoms with van der Waals surface area (Å²) < 4.78 is 37.9. The average molecular weight is 385 g/mol. The molecule has 3 aromatic rings. The maximum atomic E-state index is 12.6. The molecule has 1 atom stereocenters. The number of hydrogen-bond donors (Lipinski definition) is 2. The van der Waals surface area contributed by atoms with Crippen molar-refractivity contribution in [2.24, 2.45) is 0 Å². The lowest BCUT2D eigenvalue weighted by atomic mass is 10.1. The number of hydrogen-bond acceptors (Lipinski definition) is 3. The Kier molecular flexibility index (Phi) is 5.63. The molecule has 3 rings (SSSR count). The molecule has 0 bridgehead atoms. The predicted molar refractivity (Wildman–Crippen MR) is 101 cm³/mol. The summed E-state index contributed by atoms with van der Waals surface area (Å²) in [4.78, 5) is 16.5. The van der Waals surface area contributed by atoms with Crippen molar-refractivity contribution in [1.29, 1.82) is 0 Å². The van der Waals surface area contributed by atoms with Crippen molar-refractivity contribution in [3.8, 4) is 0 Å². The third-order valence-electron chi connectivity index (χ3n) is 4.15. The zero-order valence-corrected chi connectivity index (χ0v) is 15.0. The Labute approximate surface area is 160 Å². The van der Waals surface area contributed by atoms with Crippen LogP contribution in [0.5, 0.6) is 0 Å². The normalized spacial score (nSPS) is 12.3. The molecular weight excluding hydrogens is 367 g/mol. The fraction of sp³-hybridized carbons (Fsp3) is 0.143. The molecule has 0 aliphatic heterocycles. The number of anilines is 2. The highest BCUT2D eigenvalue weighted by atomic mass is 19.4. The van der Waals surface area contributed by atoms with E-state index in [0.717, 1.165) is 17.7 Å². The lowest BCUT2D eigenvalue weighted by Crippen LogP contribution is -2.26. The zero-order valence-electron chi connectivity index (χ0n) is 15.0. The standard InChI is InChI=1S/C21H18F3N3O/c1-14(15-5-3-2-4-6-15)26-20(28)16-11-19(13-25-12-16)27-18-9-7-17(8-10-18)21(22,23)24/h2-14,27H,1H3,(H,26,28). The van der Waals surface area contributed by atoms with E-state index in [1.807, 2.05) is 37.3 Å². The molecule has 7 heteroatoms. The van der Waals surface area contributed by atoms with Gasteiger partial charge in [0.25, 0.3) is 5.91 Å². The van der Waals surface area contributed by atoms with E-state index >= 15 is 0 Å². The Bertz CT molecular complexity index is 941.